The number of hydrogen-bond acceptors (Lipinski definition) is 7. The second kappa shape index (κ2) is 9.05. The number of aromatic nitrogens is 4. The molecule has 152 valence electrons. The summed E-state index contributed by atoms with van der Waals surface area (Å²) < 4.78 is 15.9. The molecule has 1 heterocycles. The van der Waals surface area contributed by atoms with Gasteiger partial charge in [0.2, 0.25) is 11.7 Å². The Bertz CT molecular complexity index is 1000. The number of carbonyl (C=O) groups excluding carboxylic acids is 1. The molecule has 0 aliphatic heterocycles. The zero-order chi connectivity index (χ0) is 20.8. The standard InChI is InChI=1S/C20H23N5O4/c1-13-7-5-6-8-15(13)20-22-24-25(23-20)12-19(26)21-11-14-9-17(28-3)18(29-4)10-16(14)27-2/h5-10H,11-12H2,1-4H3,(H,21,26). The van der Waals surface area contributed by atoms with E-state index in [9.17, 15) is 4.79 Å². The molecular weight excluding hydrogens is 374 g/mol. The third-order valence-electron chi connectivity index (χ3n) is 4.39. The van der Waals surface area contributed by atoms with Crippen molar-refractivity contribution in [3.63, 3.8) is 0 Å². The van der Waals surface area contributed by atoms with E-state index in [0.717, 1.165) is 16.7 Å². The van der Waals surface area contributed by atoms with Crippen LogP contribution in [0.5, 0.6) is 17.2 Å². The van der Waals surface area contributed by atoms with Gasteiger partial charge in [0.25, 0.3) is 0 Å². The molecule has 0 bridgehead atoms. The van der Waals surface area contributed by atoms with Gasteiger partial charge in [0.1, 0.15) is 12.3 Å². The van der Waals surface area contributed by atoms with Crippen molar-refractivity contribution < 1.29 is 19.0 Å². The Morgan fingerprint density at radius 1 is 1.03 bits per heavy atom. The molecule has 9 heteroatoms. The van der Waals surface area contributed by atoms with Crippen LogP contribution in [-0.4, -0.2) is 47.4 Å². The van der Waals surface area contributed by atoms with Gasteiger partial charge >= 0.3 is 0 Å². The van der Waals surface area contributed by atoms with E-state index in [0.29, 0.717) is 23.1 Å². The largest absolute Gasteiger partial charge is 0.496 e. The number of rotatable bonds is 8. The highest BCUT2D eigenvalue weighted by molar-refractivity contribution is 5.75. The van der Waals surface area contributed by atoms with E-state index in [1.165, 1.54) is 4.80 Å². The van der Waals surface area contributed by atoms with E-state index in [1.807, 2.05) is 31.2 Å². The monoisotopic (exact) mass is 397 g/mol. The number of hydrogen-bond donors (Lipinski definition) is 1. The summed E-state index contributed by atoms with van der Waals surface area (Å²) in [5.41, 5.74) is 2.68. The van der Waals surface area contributed by atoms with Crippen LogP contribution in [0.3, 0.4) is 0 Å². The summed E-state index contributed by atoms with van der Waals surface area (Å²) >= 11 is 0. The van der Waals surface area contributed by atoms with Gasteiger partial charge in [0.15, 0.2) is 11.5 Å². The number of ether oxygens (including phenoxy) is 3. The van der Waals surface area contributed by atoms with Crippen LogP contribution in [0.1, 0.15) is 11.1 Å². The van der Waals surface area contributed by atoms with E-state index in [1.54, 1.807) is 33.5 Å². The Labute approximate surface area is 168 Å². The third-order valence-corrected chi connectivity index (χ3v) is 4.39. The minimum Gasteiger partial charge on any atom is -0.496 e. The molecule has 1 N–H and O–H groups in total. The summed E-state index contributed by atoms with van der Waals surface area (Å²) in [6.45, 7) is 2.18. The van der Waals surface area contributed by atoms with Gasteiger partial charge in [0.05, 0.1) is 21.3 Å². The van der Waals surface area contributed by atoms with Crippen molar-refractivity contribution >= 4 is 5.91 Å². The van der Waals surface area contributed by atoms with Gasteiger partial charge < -0.3 is 19.5 Å². The second-order valence-electron chi connectivity index (χ2n) is 6.25. The number of nitrogens with one attached hydrogen (secondary N) is 1. The fourth-order valence-electron chi connectivity index (χ4n) is 2.85. The summed E-state index contributed by atoms with van der Waals surface area (Å²) in [5.74, 6) is 1.92. The average Bonchev–Trinajstić information content (AvgIpc) is 3.19. The molecule has 0 atom stereocenters. The molecule has 0 unspecified atom stereocenters. The molecule has 2 aromatic carbocycles. The fourth-order valence-corrected chi connectivity index (χ4v) is 2.85. The molecule has 3 aromatic rings. The molecule has 0 aliphatic carbocycles. The molecule has 3 rings (SSSR count). The number of tetrazole rings is 1. The molecule has 0 aliphatic rings. The third kappa shape index (κ3) is 4.63. The zero-order valence-corrected chi connectivity index (χ0v) is 16.8. The van der Waals surface area contributed by atoms with Gasteiger partial charge in [0, 0.05) is 23.7 Å². The molecule has 0 radical (unpaired) electrons. The maximum absolute atomic E-state index is 12.3. The topological polar surface area (TPSA) is 100 Å². The van der Waals surface area contributed by atoms with Crippen LogP contribution in [-0.2, 0) is 17.9 Å². The minimum atomic E-state index is -0.254. The van der Waals surface area contributed by atoms with Crippen molar-refractivity contribution in [3.05, 3.63) is 47.5 Å². The fraction of sp³-hybridized carbons (Fsp3) is 0.300. The van der Waals surface area contributed by atoms with Crippen molar-refractivity contribution in [1.82, 2.24) is 25.5 Å². The van der Waals surface area contributed by atoms with Crippen LogP contribution in [0, 0.1) is 6.92 Å². The van der Waals surface area contributed by atoms with E-state index < -0.39 is 0 Å². The summed E-state index contributed by atoms with van der Waals surface area (Å²) in [6.07, 6.45) is 0. The Balaban J connectivity index is 1.66. The summed E-state index contributed by atoms with van der Waals surface area (Å²) in [5, 5.41) is 15.1. The summed E-state index contributed by atoms with van der Waals surface area (Å²) in [6, 6.07) is 11.2. The van der Waals surface area contributed by atoms with Crippen LogP contribution in [0.15, 0.2) is 36.4 Å². The maximum atomic E-state index is 12.3. The lowest BCUT2D eigenvalue weighted by molar-refractivity contribution is -0.122. The van der Waals surface area contributed by atoms with Crippen LogP contribution in [0.25, 0.3) is 11.4 Å². The lowest BCUT2D eigenvalue weighted by Crippen LogP contribution is -2.28. The first kappa shape index (κ1) is 20.1. The lowest BCUT2D eigenvalue weighted by Gasteiger charge is -2.14. The van der Waals surface area contributed by atoms with Gasteiger partial charge in [-0.25, -0.2) is 0 Å². The highest BCUT2D eigenvalue weighted by atomic mass is 16.5. The Morgan fingerprint density at radius 2 is 1.72 bits per heavy atom. The van der Waals surface area contributed by atoms with Crippen LogP contribution in [0.2, 0.25) is 0 Å². The highest BCUT2D eigenvalue weighted by Gasteiger charge is 2.14. The van der Waals surface area contributed by atoms with Gasteiger partial charge in [-0.2, -0.15) is 4.80 Å². The summed E-state index contributed by atoms with van der Waals surface area (Å²) in [4.78, 5) is 13.6. The van der Waals surface area contributed by atoms with Crippen LogP contribution >= 0.6 is 0 Å². The average molecular weight is 397 g/mol. The van der Waals surface area contributed by atoms with Crippen molar-refractivity contribution in [3.8, 4) is 28.6 Å². The number of aryl methyl sites for hydroxylation is 1. The van der Waals surface area contributed by atoms with Crippen molar-refractivity contribution in [2.75, 3.05) is 21.3 Å². The normalized spacial score (nSPS) is 10.5. The molecular formula is C20H23N5O4. The molecule has 29 heavy (non-hydrogen) atoms. The predicted octanol–water partition coefficient (Wildman–Crippen LogP) is 1.99. The Kier molecular flexibility index (Phi) is 6.28. The molecule has 0 spiro atoms. The smallest absolute Gasteiger partial charge is 0.243 e. The van der Waals surface area contributed by atoms with Crippen molar-refractivity contribution in [2.24, 2.45) is 0 Å². The van der Waals surface area contributed by atoms with Gasteiger partial charge in [-0.15, -0.1) is 10.2 Å². The first-order chi connectivity index (χ1) is 14.0. The lowest BCUT2D eigenvalue weighted by atomic mass is 10.1. The van der Waals surface area contributed by atoms with Crippen LogP contribution in [0.4, 0.5) is 0 Å². The first-order valence-electron chi connectivity index (χ1n) is 8.95. The van der Waals surface area contributed by atoms with Gasteiger partial charge in [-0.1, -0.05) is 24.3 Å². The number of nitrogens with zero attached hydrogens (tertiary/aromatic N) is 4. The number of benzene rings is 2. The number of amides is 1. The predicted molar refractivity (Wildman–Crippen MR) is 106 cm³/mol. The van der Waals surface area contributed by atoms with Crippen LogP contribution < -0.4 is 19.5 Å². The van der Waals surface area contributed by atoms with Crippen molar-refractivity contribution in [1.29, 1.82) is 0 Å². The molecule has 1 aromatic heterocycles. The zero-order valence-electron chi connectivity index (χ0n) is 16.8. The number of methoxy groups -OCH3 is 3. The quantitative estimate of drug-likeness (QED) is 0.620. The second-order valence-corrected chi connectivity index (χ2v) is 6.25. The SMILES string of the molecule is COc1cc(OC)c(OC)cc1CNC(=O)Cn1nnc(-c2ccccc2C)n1. The van der Waals surface area contributed by atoms with E-state index >= 15 is 0 Å². The minimum absolute atomic E-state index is 0.0471. The highest BCUT2D eigenvalue weighted by Crippen LogP contribution is 2.34. The van der Waals surface area contributed by atoms with E-state index in [4.69, 9.17) is 14.2 Å². The Hall–Kier alpha value is -3.62. The molecule has 0 saturated heterocycles. The van der Waals surface area contributed by atoms with E-state index in [2.05, 4.69) is 20.7 Å². The molecule has 1 amide bonds. The Morgan fingerprint density at radius 3 is 2.41 bits per heavy atom. The maximum Gasteiger partial charge on any atom is 0.243 e. The first-order valence-corrected chi connectivity index (χ1v) is 8.95. The van der Waals surface area contributed by atoms with Crippen molar-refractivity contribution in [2.45, 2.75) is 20.0 Å². The van der Waals surface area contributed by atoms with Gasteiger partial charge in [-0.3, -0.25) is 4.79 Å². The van der Waals surface area contributed by atoms with E-state index in [-0.39, 0.29) is 19.0 Å². The molecule has 0 fully saturated rings. The molecule has 0 saturated carbocycles. The number of carbonyl (C=O) groups is 1. The summed E-state index contributed by atoms with van der Waals surface area (Å²) in [7, 11) is 4.66. The van der Waals surface area contributed by atoms with Gasteiger partial charge in [-0.05, 0) is 23.8 Å². The molecule has 9 nitrogen and oxygen atoms in total.